The van der Waals surface area contributed by atoms with Gasteiger partial charge in [0.1, 0.15) is 0 Å². The maximum atomic E-state index is 7.55. The second kappa shape index (κ2) is 4.03. The van der Waals surface area contributed by atoms with Gasteiger partial charge in [-0.25, -0.2) is 0 Å². The van der Waals surface area contributed by atoms with Gasteiger partial charge in [0.15, 0.2) is 0 Å². The van der Waals surface area contributed by atoms with Crippen LogP contribution in [0.15, 0.2) is 12.3 Å². The summed E-state index contributed by atoms with van der Waals surface area (Å²) in [7, 11) is 0. The molecule has 0 radical (unpaired) electrons. The lowest BCUT2D eigenvalue weighted by atomic mass is 10.1. The van der Waals surface area contributed by atoms with Crippen molar-refractivity contribution in [2.75, 3.05) is 11.9 Å². The van der Waals surface area contributed by atoms with E-state index >= 15 is 0 Å². The lowest BCUT2D eigenvalue weighted by Gasteiger charge is -2.09. The van der Waals surface area contributed by atoms with Crippen LogP contribution in [0.5, 0.6) is 0 Å². The van der Waals surface area contributed by atoms with Crippen LogP contribution in [0.2, 0.25) is 0 Å². The number of hydrogen-bond acceptors (Lipinski definition) is 3. The molecule has 0 atom stereocenters. The molecule has 0 saturated carbocycles. The van der Waals surface area contributed by atoms with Gasteiger partial charge in [0, 0.05) is 35.4 Å². The summed E-state index contributed by atoms with van der Waals surface area (Å²) in [6.45, 7) is 6.62. The Morgan fingerprint density at radius 1 is 1.62 bits per heavy atom. The molecule has 70 valence electrons. The fourth-order valence-electron chi connectivity index (χ4n) is 1.20. The van der Waals surface area contributed by atoms with Crippen LogP contribution in [0.25, 0.3) is 0 Å². The molecule has 2 N–H and O–H groups in total. The third-order valence-electron chi connectivity index (χ3n) is 1.81. The topological polar surface area (TPSA) is 48.8 Å². The van der Waals surface area contributed by atoms with E-state index in [1.807, 2.05) is 19.9 Å². The van der Waals surface area contributed by atoms with Crippen molar-refractivity contribution in [3.63, 3.8) is 0 Å². The van der Waals surface area contributed by atoms with Crippen LogP contribution in [-0.4, -0.2) is 17.2 Å². The molecule has 1 aromatic heterocycles. The van der Waals surface area contributed by atoms with E-state index in [4.69, 9.17) is 5.41 Å². The standard InChI is InChI=1S/C10H15N3/c1-4-12-10-5-7(2)13-6-9(10)8(3)11/h5-6,11H,4H2,1-3H3,(H,12,13). The van der Waals surface area contributed by atoms with Crippen molar-refractivity contribution in [3.8, 4) is 0 Å². The third kappa shape index (κ3) is 2.28. The van der Waals surface area contributed by atoms with Crippen LogP contribution in [0, 0.1) is 12.3 Å². The fourth-order valence-corrected chi connectivity index (χ4v) is 1.20. The molecule has 0 fully saturated rings. The Labute approximate surface area is 78.7 Å². The number of aryl methyl sites for hydroxylation is 1. The summed E-state index contributed by atoms with van der Waals surface area (Å²) >= 11 is 0. The number of anilines is 1. The van der Waals surface area contributed by atoms with Gasteiger partial charge in [0.05, 0.1) is 0 Å². The van der Waals surface area contributed by atoms with Crippen LogP contribution in [0.1, 0.15) is 25.1 Å². The van der Waals surface area contributed by atoms with Gasteiger partial charge in [-0.3, -0.25) is 4.98 Å². The van der Waals surface area contributed by atoms with Crippen molar-refractivity contribution in [1.29, 1.82) is 5.41 Å². The number of pyridine rings is 1. The van der Waals surface area contributed by atoms with Gasteiger partial charge in [-0.1, -0.05) is 0 Å². The molecule has 0 aromatic carbocycles. The first-order chi connectivity index (χ1) is 6.15. The lowest BCUT2D eigenvalue weighted by Crippen LogP contribution is -2.05. The van der Waals surface area contributed by atoms with Gasteiger partial charge in [-0.15, -0.1) is 0 Å². The van der Waals surface area contributed by atoms with Gasteiger partial charge in [-0.2, -0.15) is 0 Å². The molecule has 3 nitrogen and oxygen atoms in total. The summed E-state index contributed by atoms with van der Waals surface area (Å²) in [5.74, 6) is 0. The van der Waals surface area contributed by atoms with Crippen molar-refractivity contribution in [2.45, 2.75) is 20.8 Å². The minimum Gasteiger partial charge on any atom is -0.385 e. The van der Waals surface area contributed by atoms with E-state index in [0.29, 0.717) is 5.71 Å². The van der Waals surface area contributed by atoms with Crippen LogP contribution in [0.3, 0.4) is 0 Å². The summed E-state index contributed by atoms with van der Waals surface area (Å²) in [5.41, 5.74) is 3.40. The zero-order valence-electron chi connectivity index (χ0n) is 8.31. The van der Waals surface area contributed by atoms with Gasteiger partial charge in [0.25, 0.3) is 0 Å². The lowest BCUT2D eigenvalue weighted by molar-refractivity contribution is 1.15. The molecule has 1 heterocycles. The molecule has 0 saturated heterocycles. The summed E-state index contributed by atoms with van der Waals surface area (Å²) in [4.78, 5) is 4.16. The number of nitrogens with one attached hydrogen (secondary N) is 2. The molecule has 0 aliphatic heterocycles. The molecule has 1 aromatic rings. The molecule has 0 aliphatic rings. The van der Waals surface area contributed by atoms with E-state index in [9.17, 15) is 0 Å². The van der Waals surface area contributed by atoms with Crippen LogP contribution >= 0.6 is 0 Å². The first-order valence-corrected chi connectivity index (χ1v) is 4.41. The van der Waals surface area contributed by atoms with Crippen LogP contribution < -0.4 is 5.32 Å². The van der Waals surface area contributed by atoms with Gasteiger partial charge in [-0.05, 0) is 26.8 Å². The van der Waals surface area contributed by atoms with Gasteiger partial charge < -0.3 is 10.7 Å². The highest BCUT2D eigenvalue weighted by Gasteiger charge is 2.03. The quantitative estimate of drug-likeness (QED) is 0.695. The summed E-state index contributed by atoms with van der Waals surface area (Å²) in [6, 6.07) is 1.97. The molecule has 13 heavy (non-hydrogen) atoms. The van der Waals surface area contributed by atoms with E-state index in [2.05, 4.69) is 10.3 Å². The van der Waals surface area contributed by atoms with Gasteiger partial charge >= 0.3 is 0 Å². The van der Waals surface area contributed by atoms with Crippen molar-refractivity contribution in [2.24, 2.45) is 0 Å². The molecule has 0 bridgehead atoms. The molecule has 0 aliphatic carbocycles. The van der Waals surface area contributed by atoms with Crippen molar-refractivity contribution in [1.82, 2.24) is 4.98 Å². The Balaban J connectivity index is 3.10. The molecule has 1 rings (SSSR count). The predicted molar refractivity (Wildman–Crippen MR) is 55.6 cm³/mol. The van der Waals surface area contributed by atoms with E-state index < -0.39 is 0 Å². The molecule has 0 amide bonds. The molecular formula is C10H15N3. The smallest absolute Gasteiger partial charge is 0.0465 e. The highest BCUT2D eigenvalue weighted by atomic mass is 14.9. The summed E-state index contributed by atoms with van der Waals surface area (Å²) in [6.07, 6.45) is 1.75. The second-order valence-electron chi connectivity index (χ2n) is 3.03. The van der Waals surface area contributed by atoms with E-state index in [1.54, 1.807) is 13.1 Å². The zero-order chi connectivity index (χ0) is 9.84. The van der Waals surface area contributed by atoms with E-state index in [0.717, 1.165) is 23.5 Å². The minimum atomic E-state index is 0.545. The zero-order valence-corrected chi connectivity index (χ0v) is 8.31. The monoisotopic (exact) mass is 177 g/mol. The largest absolute Gasteiger partial charge is 0.385 e. The van der Waals surface area contributed by atoms with E-state index in [-0.39, 0.29) is 0 Å². The van der Waals surface area contributed by atoms with Crippen molar-refractivity contribution in [3.05, 3.63) is 23.5 Å². The highest BCUT2D eigenvalue weighted by molar-refractivity contribution is 6.01. The van der Waals surface area contributed by atoms with E-state index in [1.165, 1.54) is 0 Å². The molecular weight excluding hydrogens is 162 g/mol. The first kappa shape index (κ1) is 9.71. The van der Waals surface area contributed by atoms with Crippen molar-refractivity contribution >= 4 is 11.4 Å². The average molecular weight is 177 g/mol. The Morgan fingerprint density at radius 3 is 2.85 bits per heavy atom. The summed E-state index contributed by atoms with van der Waals surface area (Å²) < 4.78 is 0. The van der Waals surface area contributed by atoms with Gasteiger partial charge in [0.2, 0.25) is 0 Å². The Hall–Kier alpha value is -1.38. The second-order valence-corrected chi connectivity index (χ2v) is 3.03. The first-order valence-electron chi connectivity index (χ1n) is 4.41. The number of aromatic nitrogens is 1. The minimum absolute atomic E-state index is 0.545. The molecule has 0 spiro atoms. The maximum absolute atomic E-state index is 7.55. The number of nitrogens with zero attached hydrogens (tertiary/aromatic N) is 1. The molecule has 3 heteroatoms. The van der Waals surface area contributed by atoms with Crippen LogP contribution in [0.4, 0.5) is 5.69 Å². The average Bonchev–Trinajstić information content (AvgIpc) is 2.04. The van der Waals surface area contributed by atoms with Crippen LogP contribution in [-0.2, 0) is 0 Å². The fraction of sp³-hybridized carbons (Fsp3) is 0.400. The normalized spacial score (nSPS) is 9.77. The molecule has 0 unspecified atom stereocenters. The maximum Gasteiger partial charge on any atom is 0.0465 e. The summed E-state index contributed by atoms with van der Waals surface area (Å²) in [5, 5.41) is 10.8. The van der Waals surface area contributed by atoms with Crippen molar-refractivity contribution < 1.29 is 0 Å². The Morgan fingerprint density at radius 2 is 2.31 bits per heavy atom. The number of hydrogen-bond donors (Lipinski definition) is 2. The third-order valence-corrected chi connectivity index (χ3v) is 1.81. The Kier molecular flexibility index (Phi) is 3.01. The SMILES string of the molecule is CCNc1cc(C)ncc1C(C)=N. The Bertz CT molecular complexity index is 318. The highest BCUT2D eigenvalue weighted by Crippen LogP contribution is 2.15. The predicted octanol–water partition coefficient (Wildman–Crippen LogP) is 2.21. The number of rotatable bonds is 3.